The number of amides is 1. The molecular formula is C7H11NO2. The fourth-order valence-corrected chi connectivity index (χ4v) is 0.793. The maximum atomic E-state index is 10.7. The number of hydrogen-bond acceptors (Lipinski definition) is 2. The van der Waals surface area contributed by atoms with Gasteiger partial charge in [-0.25, -0.2) is 0 Å². The lowest BCUT2D eigenvalue weighted by Gasteiger charge is -1.97. The number of hydrogen-bond donors (Lipinski definition) is 1. The van der Waals surface area contributed by atoms with E-state index in [0.29, 0.717) is 5.92 Å². The van der Waals surface area contributed by atoms with Gasteiger partial charge in [-0.2, -0.15) is 0 Å². The molecule has 1 fully saturated rings. The molecule has 10 heavy (non-hydrogen) atoms. The normalized spacial score (nSPS) is 29.4. The monoisotopic (exact) mass is 141 g/mol. The van der Waals surface area contributed by atoms with Crippen LogP contribution >= 0.6 is 0 Å². The molecule has 0 heterocycles. The van der Waals surface area contributed by atoms with Gasteiger partial charge in [0, 0.05) is 13.0 Å². The van der Waals surface area contributed by atoms with Crippen LogP contribution in [0.3, 0.4) is 0 Å². The second-order valence-corrected chi connectivity index (χ2v) is 2.85. The van der Waals surface area contributed by atoms with Crippen molar-refractivity contribution in [2.75, 3.05) is 0 Å². The van der Waals surface area contributed by atoms with Gasteiger partial charge in [0.25, 0.3) is 5.91 Å². The molecule has 0 saturated heterocycles. The van der Waals surface area contributed by atoms with Crippen molar-refractivity contribution in [1.29, 1.82) is 0 Å². The van der Waals surface area contributed by atoms with Gasteiger partial charge in [0.15, 0.2) is 0 Å². The third kappa shape index (κ3) is 1.56. The molecule has 0 bridgehead atoms. The Morgan fingerprint density at radius 1 is 1.50 bits per heavy atom. The molecule has 0 aromatic heterocycles. The molecule has 2 atom stereocenters. The van der Waals surface area contributed by atoms with Crippen LogP contribution in [-0.2, 0) is 9.59 Å². The molecule has 0 aromatic rings. The number of Topliss-reactive ketones (excluding diaryl/α,β-unsaturated/α-hetero) is 1. The summed E-state index contributed by atoms with van der Waals surface area (Å²) in [5.41, 5.74) is 0. The van der Waals surface area contributed by atoms with E-state index >= 15 is 0 Å². The average molecular weight is 141 g/mol. The summed E-state index contributed by atoms with van der Waals surface area (Å²) in [6.45, 7) is 3.33. The third-order valence-corrected chi connectivity index (χ3v) is 1.75. The topological polar surface area (TPSA) is 46.2 Å². The van der Waals surface area contributed by atoms with Crippen LogP contribution in [0, 0.1) is 5.92 Å². The van der Waals surface area contributed by atoms with Gasteiger partial charge in [0.1, 0.15) is 0 Å². The highest BCUT2D eigenvalue weighted by atomic mass is 16.2. The van der Waals surface area contributed by atoms with Crippen LogP contribution in [-0.4, -0.2) is 17.7 Å². The second kappa shape index (κ2) is 2.40. The Bertz CT molecular complexity index is 176. The smallest absolute Gasteiger partial charge is 0.287 e. The van der Waals surface area contributed by atoms with Crippen molar-refractivity contribution in [1.82, 2.24) is 5.32 Å². The van der Waals surface area contributed by atoms with Crippen LogP contribution in [0.25, 0.3) is 0 Å². The number of nitrogens with one attached hydrogen (secondary N) is 1. The van der Waals surface area contributed by atoms with Crippen LogP contribution < -0.4 is 5.32 Å². The zero-order valence-corrected chi connectivity index (χ0v) is 6.18. The zero-order valence-electron chi connectivity index (χ0n) is 6.18. The molecule has 1 aliphatic carbocycles. The van der Waals surface area contributed by atoms with Gasteiger partial charge in [-0.3, -0.25) is 9.59 Å². The van der Waals surface area contributed by atoms with Crippen molar-refractivity contribution in [2.45, 2.75) is 26.3 Å². The molecule has 0 aliphatic heterocycles. The van der Waals surface area contributed by atoms with Crippen LogP contribution in [0.2, 0.25) is 0 Å². The van der Waals surface area contributed by atoms with E-state index in [4.69, 9.17) is 0 Å². The number of carbonyl (C=O) groups excluding carboxylic acids is 2. The molecule has 0 spiro atoms. The minimum absolute atomic E-state index is 0.261. The Hall–Kier alpha value is -0.860. The molecule has 0 radical (unpaired) electrons. The summed E-state index contributed by atoms with van der Waals surface area (Å²) >= 11 is 0. The largest absolute Gasteiger partial charge is 0.347 e. The average Bonchev–Trinajstić information content (AvgIpc) is 2.46. The van der Waals surface area contributed by atoms with E-state index in [1.165, 1.54) is 6.92 Å². The van der Waals surface area contributed by atoms with E-state index in [1.54, 1.807) is 0 Å². The quantitative estimate of drug-likeness (QED) is 0.554. The summed E-state index contributed by atoms with van der Waals surface area (Å²) in [5.74, 6) is -0.295. The molecular weight excluding hydrogens is 130 g/mol. The maximum absolute atomic E-state index is 10.7. The highest BCUT2D eigenvalue weighted by Gasteiger charge is 2.34. The van der Waals surface area contributed by atoms with Crippen molar-refractivity contribution in [3.05, 3.63) is 0 Å². The summed E-state index contributed by atoms with van der Waals surface area (Å²) in [6.07, 6.45) is 1.01. The summed E-state index contributed by atoms with van der Waals surface area (Å²) in [7, 11) is 0. The lowest BCUT2D eigenvalue weighted by atomic mass is 10.4. The highest BCUT2D eigenvalue weighted by molar-refractivity contribution is 6.35. The van der Waals surface area contributed by atoms with Gasteiger partial charge >= 0.3 is 0 Å². The van der Waals surface area contributed by atoms with Crippen molar-refractivity contribution >= 4 is 11.7 Å². The van der Waals surface area contributed by atoms with E-state index in [0.717, 1.165) is 6.42 Å². The Balaban J connectivity index is 2.26. The van der Waals surface area contributed by atoms with Gasteiger partial charge in [0.2, 0.25) is 5.78 Å². The van der Waals surface area contributed by atoms with E-state index in [9.17, 15) is 9.59 Å². The Morgan fingerprint density at radius 2 is 2.00 bits per heavy atom. The van der Waals surface area contributed by atoms with Crippen molar-refractivity contribution in [2.24, 2.45) is 5.92 Å². The SMILES string of the molecule is CC(=O)C(=O)NC1CC1C. The van der Waals surface area contributed by atoms with E-state index in [2.05, 4.69) is 5.32 Å². The molecule has 0 aromatic carbocycles. The zero-order chi connectivity index (χ0) is 7.72. The lowest BCUT2D eigenvalue weighted by molar-refractivity contribution is -0.136. The molecule has 2 unspecified atom stereocenters. The van der Waals surface area contributed by atoms with Gasteiger partial charge in [-0.05, 0) is 12.3 Å². The maximum Gasteiger partial charge on any atom is 0.287 e. The molecule has 56 valence electrons. The Kier molecular flexibility index (Phi) is 1.74. The summed E-state index contributed by atoms with van der Waals surface area (Å²) in [6, 6.07) is 0.261. The molecule has 1 amide bonds. The fourth-order valence-electron chi connectivity index (χ4n) is 0.793. The lowest BCUT2D eigenvalue weighted by Crippen LogP contribution is -2.31. The molecule has 1 saturated carbocycles. The summed E-state index contributed by atoms with van der Waals surface area (Å²) in [4.78, 5) is 21.1. The first-order valence-corrected chi connectivity index (χ1v) is 3.42. The van der Waals surface area contributed by atoms with Gasteiger partial charge in [0.05, 0.1) is 0 Å². The highest BCUT2D eigenvalue weighted by Crippen LogP contribution is 2.28. The number of rotatable bonds is 2. The van der Waals surface area contributed by atoms with Gasteiger partial charge in [-0.15, -0.1) is 0 Å². The van der Waals surface area contributed by atoms with E-state index in [-0.39, 0.29) is 6.04 Å². The fraction of sp³-hybridized carbons (Fsp3) is 0.714. The second-order valence-electron chi connectivity index (χ2n) is 2.85. The molecule has 3 heteroatoms. The van der Waals surface area contributed by atoms with E-state index in [1.807, 2.05) is 6.92 Å². The first-order valence-electron chi connectivity index (χ1n) is 3.42. The molecule has 1 aliphatic rings. The van der Waals surface area contributed by atoms with Crippen molar-refractivity contribution in [3.8, 4) is 0 Å². The third-order valence-electron chi connectivity index (χ3n) is 1.75. The van der Waals surface area contributed by atoms with Gasteiger partial charge in [-0.1, -0.05) is 6.92 Å². The van der Waals surface area contributed by atoms with E-state index < -0.39 is 11.7 Å². The summed E-state index contributed by atoms with van der Waals surface area (Å²) in [5, 5.41) is 2.61. The van der Waals surface area contributed by atoms with Crippen LogP contribution in [0.4, 0.5) is 0 Å². The molecule has 3 nitrogen and oxygen atoms in total. The minimum atomic E-state index is -0.450. The van der Waals surface area contributed by atoms with Gasteiger partial charge < -0.3 is 5.32 Å². The molecule has 1 N–H and O–H groups in total. The summed E-state index contributed by atoms with van der Waals surface area (Å²) < 4.78 is 0. The Labute approximate surface area is 59.8 Å². The number of ketones is 1. The Morgan fingerprint density at radius 3 is 2.30 bits per heavy atom. The minimum Gasteiger partial charge on any atom is -0.347 e. The standard InChI is InChI=1S/C7H11NO2/c1-4-3-6(4)8-7(10)5(2)9/h4,6H,3H2,1-2H3,(H,8,10). The predicted octanol–water partition coefficient (Wildman–Crippen LogP) is 0.1000. The van der Waals surface area contributed by atoms with Crippen molar-refractivity contribution in [3.63, 3.8) is 0 Å². The first-order chi connectivity index (χ1) is 4.61. The first kappa shape index (κ1) is 7.25. The van der Waals surface area contributed by atoms with Crippen molar-refractivity contribution < 1.29 is 9.59 Å². The van der Waals surface area contributed by atoms with Crippen LogP contribution in [0.15, 0.2) is 0 Å². The van der Waals surface area contributed by atoms with Crippen LogP contribution in [0.5, 0.6) is 0 Å². The number of carbonyl (C=O) groups is 2. The predicted molar refractivity (Wildman–Crippen MR) is 36.4 cm³/mol. The van der Waals surface area contributed by atoms with Crippen LogP contribution in [0.1, 0.15) is 20.3 Å². The molecule has 1 rings (SSSR count).